The number of amides is 2. The number of nitrogens with zero attached hydrogens (tertiary/aromatic N) is 1. The molecule has 0 saturated heterocycles. The number of aromatic nitrogens is 1. The van der Waals surface area contributed by atoms with Gasteiger partial charge in [-0.2, -0.15) is 0 Å². The Hall–Kier alpha value is -2.07. The van der Waals surface area contributed by atoms with Crippen molar-refractivity contribution in [1.29, 1.82) is 0 Å². The first-order valence-corrected chi connectivity index (χ1v) is 9.56. The molecule has 0 saturated carbocycles. The van der Waals surface area contributed by atoms with Crippen LogP contribution in [0.15, 0.2) is 65.6 Å². The first-order valence-electron chi connectivity index (χ1n) is 9.56. The van der Waals surface area contributed by atoms with Crippen LogP contribution < -0.4 is 85.5 Å². The second kappa shape index (κ2) is 13.0. The number of aliphatic carboxylic acids is 1. The van der Waals surface area contributed by atoms with Crippen LogP contribution in [0.1, 0.15) is 23.6 Å². The Morgan fingerprint density at radius 2 is 1.67 bits per heavy atom. The molecule has 160 valence electrons. The summed E-state index contributed by atoms with van der Waals surface area (Å²) >= 11 is 0. The number of hydrogen-bond donors (Lipinski definition) is 2. The van der Waals surface area contributed by atoms with Crippen LogP contribution in [0.2, 0.25) is 0 Å². The fourth-order valence-electron chi connectivity index (χ4n) is 3.28. The molecule has 10 heteroatoms. The van der Waals surface area contributed by atoms with Crippen molar-refractivity contribution in [3.05, 3.63) is 82.3 Å². The molecule has 3 rings (SSSR count). The molecule has 1 aromatic heterocycles. The second-order valence-corrected chi connectivity index (χ2v) is 7.15. The standard InChI is InChI=1S/C23H23N3O5.2Na/c1-14-13-26(2)22(30)20(21(14)29)25-23(31)24-18(12-19(27)28)17-10-6-9-16(11-17)15-7-4-3-5-8-15;;/h3-11,13,18,29H,12H2,1-2H3,(H,27,28)(H2,24,25,31);;/q;2*+1/p-2/t18-;;/m0../s1. The molecule has 2 aromatic carbocycles. The third kappa shape index (κ3) is 7.46. The predicted molar refractivity (Wildman–Crippen MR) is 112 cm³/mol. The van der Waals surface area contributed by atoms with Gasteiger partial charge in [0.2, 0.25) is 0 Å². The summed E-state index contributed by atoms with van der Waals surface area (Å²) in [6, 6.07) is 14.8. The van der Waals surface area contributed by atoms with Crippen molar-refractivity contribution in [2.45, 2.75) is 19.4 Å². The summed E-state index contributed by atoms with van der Waals surface area (Å²) in [5.74, 6) is -1.95. The van der Waals surface area contributed by atoms with Gasteiger partial charge in [0.25, 0.3) is 5.56 Å². The van der Waals surface area contributed by atoms with Gasteiger partial charge in [-0.3, -0.25) is 4.79 Å². The smallest absolute Gasteiger partial charge is 0.871 e. The van der Waals surface area contributed by atoms with Crippen molar-refractivity contribution in [3.8, 4) is 16.9 Å². The van der Waals surface area contributed by atoms with Crippen LogP contribution in [0.5, 0.6) is 5.75 Å². The number of pyridine rings is 1. The predicted octanol–water partition coefficient (Wildman–Crippen LogP) is -4.55. The first kappa shape index (κ1) is 29.0. The summed E-state index contributed by atoms with van der Waals surface area (Å²) in [5.41, 5.74) is 1.55. The van der Waals surface area contributed by atoms with Gasteiger partial charge in [0.1, 0.15) is 5.69 Å². The number of carbonyl (C=O) groups is 2. The van der Waals surface area contributed by atoms with Crippen LogP contribution >= 0.6 is 0 Å². The van der Waals surface area contributed by atoms with Gasteiger partial charge in [-0.25, -0.2) is 4.79 Å². The summed E-state index contributed by atoms with van der Waals surface area (Å²) in [6.45, 7) is 1.53. The Bertz CT molecular complexity index is 1180. The molecule has 1 atom stereocenters. The minimum Gasteiger partial charge on any atom is -0.871 e. The number of anilines is 1. The second-order valence-electron chi connectivity index (χ2n) is 7.15. The van der Waals surface area contributed by atoms with E-state index in [-0.39, 0.29) is 59.1 Å². The zero-order valence-corrected chi connectivity index (χ0v) is 23.0. The average molecular weight is 465 g/mol. The van der Waals surface area contributed by atoms with Crippen molar-refractivity contribution in [2.24, 2.45) is 7.05 Å². The van der Waals surface area contributed by atoms with E-state index in [0.717, 1.165) is 11.1 Å². The number of hydrogen-bond acceptors (Lipinski definition) is 5. The maximum absolute atomic E-state index is 12.5. The summed E-state index contributed by atoms with van der Waals surface area (Å²) in [7, 11) is 1.46. The summed E-state index contributed by atoms with van der Waals surface area (Å²) in [6.07, 6.45) is 0.892. The molecule has 0 bridgehead atoms. The molecule has 1 heterocycles. The van der Waals surface area contributed by atoms with Crippen LogP contribution in [0.3, 0.4) is 0 Å². The topological polar surface area (TPSA) is 126 Å². The molecule has 0 aliphatic rings. The fraction of sp³-hybridized carbons (Fsp3) is 0.174. The Morgan fingerprint density at radius 1 is 1.03 bits per heavy atom. The molecule has 0 aliphatic carbocycles. The molecule has 0 spiro atoms. The van der Waals surface area contributed by atoms with Crippen molar-refractivity contribution in [3.63, 3.8) is 0 Å². The molecule has 8 nitrogen and oxygen atoms in total. The molecular weight excluding hydrogens is 444 g/mol. The van der Waals surface area contributed by atoms with Crippen LogP contribution in [0.4, 0.5) is 10.5 Å². The normalized spacial score (nSPS) is 10.8. The quantitative estimate of drug-likeness (QED) is 0.355. The third-order valence-electron chi connectivity index (χ3n) is 4.82. The van der Waals surface area contributed by atoms with E-state index in [4.69, 9.17) is 0 Å². The number of carbonyl (C=O) groups excluding carboxylic acids is 2. The van der Waals surface area contributed by atoms with Gasteiger partial charge in [-0.05, 0) is 35.2 Å². The van der Waals surface area contributed by atoms with Crippen LogP contribution in [-0.4, -0.2) is 16.6 Å². The van der Waals surface area contributed by atoms with E-state index in [1.807, 2.05) is 36.4 Å². The first-order chi connectivity index (χ1) is 14.8. The van der Waals surface area contributed by atoms with Crippen LogP contribution in [0.25, 0.3) is 11.1 Å². The third-order valence-corrected chi connectivity index (χ3v) is 4.82. The molecule has 0 fully saturated rings. The number of rotatable bonds is 6. The number of urea groups is 1. The van der Waals surface area contributed by atoms with Gasteiger partial charge in [-0.15, -0.1) is 0 Å². The van der Waals surface area contributed by atoms with Crippen LogP contribution in [0, 0.1) is 6.92 Å². The van der Waals surface area contributed by atoms with Gasteiger partial charge < -0.3 is 30.2 Å². The maximum Gasteiger partial charge on any atom is 1.00 e. The van der Waals surface area contributed by atoms with Crippen molar-refractivity contribution in [1.82, 2.24) is 9.88 Å². The summed E-state index contributed by atoms with van der Waals surface area (Å²) in [4.78, 5) is 36.1. The van der Waals surface area contributed by atoms with Gasteiger partial charge in [0, 0.05) is 25.6 Å². The van der Waals surface area contributed by atoms with Crippen LogP contribution in [-0.2, 0) is 11.8 Å². The van der Waals surface area contributed by atoms with E-state index in [1.165, 1.54) is 24.7 Å². The summed E-state index contributed by atoms with van der Waals surface area (Å²) < 4.78 is 1.19. The van der Waals surface area contributed by atoms with Gasteiger partial charge in [0.15, 0.2) is 0 Å². The van der Waals surface area contributed by atoms with Crippen molar-refractivity contribution >= 4 is 17.7 Å². The Morgan fingerprint density at radius 3 is 2.30 bits per heavy atom. The van der Waals surface area contributed by atoms with E-state index in [9.17, 15) is 24.6 Å². The molecule has 33 heavy (non-hydrogen) atoms. The monoisotopic (exact) mass is 465 g/mol. The average Bonchev–Trinajstić information content (AvgIpc) is 2.75. The minimum atomic E-state index is -1.36. The van der Waals surface area contributed by atoms with Gasteiger partial charge >= 0.3 is 65.1 Å². The molecule has 3 aromatic rings. The van der Waals surface area contributed by atoms with E-state index in [0.29, 0.717) is 11.1 Å². The number of benzene rings is 2. The number of nitrogens with one attached hydrogen (secondary N) is 2. The van der Waals surface area contributed by atoms with E-state index in [2.05, 4.69) is 10.6 Å². The van der Waals surface area contributed by atoms with Gasteiger partial charge in [0.05, 0.1) is 6.04 Å². The Labute approximate surface area is 235 Å². The number of carboxylic acid groups (broad SMARTS) is 1. The van der Waals surface area contributed by atoms with Crippen molar-refractivity contribution in [2.75, 3.05) is 5.32 Å². The number of carboxylic acids is 1. The Balaban J connectivity index is 0.00000272. The molecule has 0 aliphatic heterocycles. The molecule has 0 radical (unpaired) electrons. The minimum absolute atomic E-state index is 0. The SMILES string of the molecule is Cc1cn(C)c(=O)c(NC(=O)N[C@@H](CC(=O)[O-])c2cccc(-c3ccccc3)c2)c1[O-].[Na+].[Na+]. The maximum atomic E-state index is 12.5. The Kier molecular flexibility index (Phi) is 11.4. The molecule has 2 N–H and O–H groups in total. The zero-order valence-electron chi connectivity index (χ0n) is 19.0. The number of aryl methyl sites for hydroxylation is 2. The fourth-order valence-corrected chi connectivity index (χ4v) is 3.28. The summed E-state index contributed by atoms with van der Waals surface area (Å²) in [5, 5.41) is 28.3. The van der Waals surface area contributed by atoms with E-state index < -0.39 is 41.5 Å². The molecule has 0 unspecified atom stereocenters. The molecule has 2 amide bonds. The van der Waals surface area contributed by atoms with E-state index >= 15 is 0 Å². The zero-order chi connectivity index (χ0) is 22.5. The van der Waals surface area contributed by atoms with Crippen molar-refractivity contribution < 1.29 is 78.9 Å². The molecular formula is C23H21N3Na2O5. The van der Waals surface area contributed by atoms with E-state index in [1.54, 1.807) is 18.2 Å². The largest absolute Gasteiger partial charge is 1.00 e. The van der Waals surface area contributed by atoms with Gasteiger partial charge in [-0.1, -0.05) is 54.3 Å².